The Morgan fingerprint density at radius 1 is 1.12 bits per heavy atom. The Bertz CT molecular complexity index is 596. The van der Waals surface area contributed by atoms with Crippen molar-refractivity contribution in [3.63, 3.8) is 0 Å². The van der Waals surface area contributed by atoms with Crippen LogP contribution in [0, 0.1) is 17.3 Å². The Hall–Kier alpha value is -1.67. The lowest BCUT2D eigenvalue weighted by Gasteiger charge is -2.62. The Kier molecular flexibility index (Phi) is 4.64. The van der Waals surface area contributed by atoms with Gasteiger partial charge in [0, 0.05) is 24.5 Å². The molecule has 4 fully saturated rings. The van der Waals surface area contributed by atoms with Gasteiger partial charge in [0.2, 0.25) is 5.91 Å². The molecule has 2 heterocycles. The third kappa shape index (κ3) is 2.53. The number of carbonyl (C=O) groups is 3. The molecule has 4 aliphatic rings. The minimum atomic E-state index is -0.605. The van der Waals surface area contributed by atoms with Gasteiger partial charge in [0.1, 0.15) is 6.61 Å². The first-order valence-corrected chi connectivity index (χ1v) is 9.48. The van der Waals surface area contributed by atoms with E-state index in [-0.39, 0.29) is 36.5 Å². The van der Waals surface area contributed by atoms with Crippen LogP contribution >= 0.6 is 0 Å². The van der Waals surface area contributed by atoms with Crippen LogP contribution in [-0.4, -0.2) is 80.4 Å². The number of rotatable bonds is 3. The molecule has 0 unspecified atom stereocenters. The molecule has 4 rings (SSSR count). The topological polar surface area (TPSA) is 85.4 Å². The fourth-order valence-corrected chi connectivity index (χ4v) is 5.61. The van der Waals surface area contributed by atoms with Crippen LogP contribution in [0.4, 0.5) is 4.79 Å². The quantitative estimate of drug-likeness (QED) is 0.678. The summed E-state index contributed by atoms with van der Waals surface area (Å²) < 4.78 is 15.5. The second kappa shape index (κ2) is 6.81. The van der Waals surface area contributed by atoms with Crippen molar-refractivity contribution in [1.29, 1.82) is 0 Å². The van der Waals surface area contributed by atoms with Crippen molar-refractivity contribution in [3.05, 3.63) is 0 Å². The summed E-state index contributed by atoms with van der Waals surface area (Å²) in [6.07, 6.45) is 3.35. The van der Waals surface area contributed by atoms with Gasteiger partial charge in [0.15, 0.2) is 0 Å². The lowest BCUT2D eigenvalue weighted by molar-refractivity contribution is -0.199. The van der Waals surface area contributed by atoms with Crippen LogP contribution in [0.3, 0.4) is 0 Å². The lowest BCUT2D eigenvalue weighted by atomic mass is 9.48. The van der Waals surface area contributed by atoms with Gasteiger partial charge in [0.05, 0.1) is 38.7 Å². The van der Waals surface area contributed by atoms with E-state index >= 15 is 0 Å². The second-order valence-corrected chi connectivity index (χ2v) is 7.66. The van der Waals surface area contributed by atoms with Gasteiger partial charge >= 0.3 is 12.1 Å². The lowest BCUT2D eigenvalue weighted by Crippen LogP contribution is -2.73. The molecule has 0 aromatic heterocycles. The van der Waals surface area contributed by atoms with E-state index < -0.39 is 17.9 Å². The van der Waals surface area contributed by atoms with E-state index in [2.05, 4.69) is 4.90 Å². The van der Waals surface area contributed by atoms with Crippen LogP contribution in [0.25, 0.3) is 0 Å². The van der Waals surface area contributed by atoms with E-state index in [1.807, 2.05) is 0 Å². The molecule has 0 N–H and O–H groups in total. The van der Waals surface area contributed by atoms with Gasteiger partial charge in [-0.15, -0.1) is 0 Å². The van der Waals surface area contributed by atoms with Crippen LogP contribution in [-0.2, 0) is 23.8 Å². The van der Waals surface area contributed by atoms with Crippen molar-refractivity contribution in [2.24, 2.45) is 17.3 Å². The van der Waals surface area contributed by atoms with E-state index in [9.17, 15) is 14.4 Å². The summed E-state index contributed by atoms with van der Waals surface area (Å²) in [5, 5.41) is 0. The summed E-state index contributed by atoms with van der Waals surface area (Å²) in [4.78, 5) is 41.3. The van der Waals surface area contributed by atoms with Crippen molar-refractivity contribution < 1.29 is 28.6 Å². The van der Waals surface area contributed by atoms with Crippen molar-refractivity contribution in [1.82, 2.24) is 9.80 Å². The maximum atomic E-state index is 13.2. The number of cyclic esters (lactones) is 1. The third-order valence-electron chi connectivity index (χ3n) is 6.65. The zero-order valence-corrected chi connectivity index (χ0v) is 15.1. The van der Waals surface area contributed by atoms with Crippen molar-refractivity contribution >= 4 is 18.0 Å². The zero-order valence-electron chi connectivity index (χ0n) is 15.1. The fraction of sp³-hybridized carbons (Fsp3) is 0.833. The largest absolute Gasteiger partial charge is 0.469 e. The minimum absolute atomic E-state index is 0.0427. The summed E-state index contributed by atoms with van der Waals surface area (Å²) in [7, 11) is 1.37. The highest BCUT2D eigenvalue weighted by Crippen LogP contribution is 2.63. The number of hydrogen-bond acceptors (Lipinski definition) is 7. The highest BCUT2D eigenvalue weighted by atomic mass is 16.6. The Labute approximate surface area is 152 Å². The van der Waals surface area contributed by atoms with Crippen LogP contribution < -0.4 is 0 Å². The predicted molar refractivity (Wildman–Crippen MR) is 89.1 cm³/mol. The van der Waals surface area contributed by atoms with Gasteiger partial charge in [-0.3, -0.25) is 14.5 Å². The molecule has 8 heteroatoms. The summed E-state index contributed by atoms with van der Waals surface area (Å²) in [5.41, 5.74) is -0.228. The summed E-state index contributed by atoms with van der Waals surface area (Å²) in [5.74, 6) is -1.66. The van der Waals surface area contributed by atoms with Gasteiger partial charge in [-0.25, -0.2) is 9.69 Å². The van der Waals surface area contributed by atoms with E-state index in [1.165, 1.54) is 7.11 Å². The Morgan fingerprint density at radius 2 is 1.81 bits per heavy atom. The van der Waals surface area contributed by atoms with Gasteiger partial charge in [-0.1, -0.05) is 12.8 Å². The number of esters is 1. The molecule has 1 spiro atoms. The van der Waals surface area contributed by atoms with Crippen LogP contribution in [0.1, 0.15) is 25.7 Å². The molecule has 2 aliphatic carbocycles. The maximum absolute atomic E-state index is 13.2. The van der Waals surface area contributed by atoms with Crippen LogP contribution in [0.2, 0.25) is 0 Å². The molecular formula is C18H26N2O6. The van der Waals surface area contributed by atoms with Crippen molar-refractivity contribution in [2.75, 3.05) is 46.6 Å². The monoisotopic (exact) mass is 366 g/mol. The summed E-state index contributed by atoms with van der Waals surface area (Å²) in [6, 6.07) is -0.0427. The number of ether oxygens (including phenoxy) is 3. The first-order chi connectivity index (χ1) is 12.6. The molecular weight excluding hydrogens is 340 g/mol. The SMILES string of the molecule is COC(=O)[C@H]1[C@H](C(=O)N2CCOC2=O)[C@@H](N2CCOCC2)C12CCCC2. The van der Waals surface area contributed by atoms with Gasteiger partial charge < -0.3 is 14.2 Å². The van der Waals surface area contributed by atoms with Crippen LogP contribution in [0.15, 0.2) is 0 Å². The number of amides is 2. The minimum Gasteiger partial charge on any atom is -0.469 e. The highest BCUT2D eigenvalue weighted by molar-refractivity contribution is 5.98. The molecule has 0 aromatic rings. The number of hydrogen-bond donors (Lipinski definition) is 0. The average Bonchev–Trinajstić information content (AvgIpc) is 3.30. The van der Waals surface area contributed by atoms with E-state index in [0.29, 0.717) is 13.2 Å². The first kappa shape index (κ1) is 17.7. The van der Waals surface area contributed by atoms with E-state index in [1.54, 1.807) is 0 Å². The number of carbonyl (C=O) groups excluding carboxylic acids is 3. The first-order valence-electron chi connectivity index (χ1n) is 9.48. The molecule has 8 nitrogen and oxygen atoms in total. The van der Waals surface area contributed by atoms with Crippen molar-refractivity contribution in [2.45, 2.75) is 31.7 Å². The Balaban J connectivity index is 1.67. The molecule has 0 aromatic carbocycles. The molecule has 2 amide bonds. The number of methoxy groups -OCH3 is 1. The van der Waals surface area contributed by atoms with Gasteiger partial charge in [0.25, 0.3) is 0 Å². The summed E-state index contributed by atoms with van der Waals surface area (Å²) >= 11 is 0. The number of imide groups is 1. The summed E-state index contributed by atoms with van der Waals surface area (Å²) in [6.45, 7) is 3.21. The predicted octanol–water partition coefficient (Wildman–Crippen LogP) is 0.645. The average molecular weight is 366 g/mol. The molecule has 0 bridgehead atoms. The van der Waals surface area contributed by atoms with Gasteiger partial charge in [-0.2, -0.15) is 0 Å². The highest BCUT2D eigenvalue weighted by Gasteiger charge is 2.70. The second-order valence-electron chi connectivity index (χ2n) is 7.66. The van der Waals surface area contributed by atoms with Gasteiger partial charge in [-0.05, 0) is 12.8 Å². The zero-order chi connectivity index (χ0) is 18.3. The number of morpholine rings is 1. The number of nitrogens with zero attached hydrogens (tertiary/aromatic N) is 2. The third-order valence-corrected chi connectivity index (χ3v) is 6.65. The molecule has 3 atom stereocenters. The van der Waals surface area contributed by atoms with E-state index in [4.69, 9.17) is 14.2 Å². The molecule has 2 aliphatic heterocycles. The molecule has 0 radical (unpaired) electrons. The molecule has 144 valence electrons. The fourth-order valence-electron chi connectivity index (χ4n) is 5.61. The van der Waals surface area contributed by atoms with Crippen molar-refractivity contribution in [3.8, 4) is 0 Å². The molecule has 26 heavy (non-hydrogen) atoms. The van der Waals surface area contributed by atoms with Crippen LogP contribution in [0.5, 0.6) is 0 Å². The van der Waals surface area contributed by atoms with E-state index in [0.717, 1.165) is 43.7 Å². The molecule has 2 saturated heterocycles. The standard InChI is InChI=1S/C18H26N2O6/c1-24-16(22)13-12(15(21)20-8-11-26-17(20)23)14(18(13)4-2-3-5-18)19-6-9-25-10-7-19/h12-14H,2-11H2,1H3/t12-,13+,14+/m0/s1. The Morgan fingerprint density at radius 3 is 2.38 bits per heavy atom. The molecule has 2 saturated carbocycles. The maximum Gasteiger partial charge on any atom is 0.416 e. The normalized spacial score (nSPS) is 33.8. The smallest absolute Gasteiger partial charge is 0.416 e.